The molecule has 0 amide bonds. The number of hydrogen-bond donors (Lipinski definition) is 0. The van der Waals surface area contributed by atoms with E-state index in [9.17, 15) is 0 Å². The molecule has 1 aliphatic heterocycles. The highest BCUT2D eigenvalue weighted by Crippen LogP contribution is 2.21. The van der Waals surface area contributed by atoms with Crippen molar-refractivity contribution in [2.24, 2.45) is 5.92 Å². The fourth-order valence-corrected chi connectivity index (χ4v) is 2.67. The number of aryl methyl sites for hydroxylation is 1. The highest BCUT2D eigenvalue weighted by Gasteiger charge is 2.22. The van der Waals surface area contributed by atoms with Gasteiger partial charge in [-0.05, 0) is 12.3 Å². The number of nitrogens with zero attached hydrogens (tertiary/aromatic N) is 2. The Morgan fingerprint density at radius 3 is 2.92 bits per heavy atom. The van der Waals surface area contributed by atoms with Gasteiger partial charge < -0.3 is 0 Å². The Labute approximate surface area is 83.6 Å². The molecular formula is C10H16N2S. The second kappa shape index (κ2) is 3.76. The van der Waals surface area contributed by atoms with Crippen LogP contribution in [0.5, 0.6) is 0 Å². The summed E-state index contributed by atoms with van der Waals surface area (Å²) in [7, 11) is 0. The Kier molecular flexibility index (Phi) is 2.65. The fraction of sp³-hybridized carbons (Fsp3) is 0.700. The SMILES string of the molecule is CCc1ncc(CN2CC(C)C2)s1. The van der Waals surface area contributed by atoms with E-state index in [0.717, 1.165) is 18.9 Å². The van der Waals surface area contributed by atoms with Crippen LogP contribution in [0, 0.1) is 5.92 Å². The molecule has 1 saturated heterocycles. The summed E-state index contributed by atoms with van der Waals surface area (Å²) < 4.78 is 0. The van der Waals surface area contributed by atoms with Crippen LogP contribution in [0.25, 0.3) is 0 Å². The molecule has 1 aliphatic rings. The number of hydrogen-bond acceptors (Lipinski definition) is 3. The molecule has 2 nitrogen and oxygen atoms in total. The zero-order chi connectivity index (χ0) is 9.26. The van der Waals surface area contributed by atoms with Crippen molar-refractivity contribution in [1.29, 1.82) is 0 Å². The van der Waals surface area contributed by atoms with E-state index in [4.69, 9.17) is 0 Å². The van der Waals surface area contributed by atoms with Gasteiger partial charge in [0.25, 0.3) is 0 Å². The van der Waals surface area contributed by atoms with Crippen molar-refractivity contribution in [3.63, 3.8) is 0 Å². The highest BCUT2D eigenvalue weighted by molar-refractivity contribution is 7.11. The van der Waals surface area contributed by atoms with Gasteiger partial charge in [-0.15, -0.1) is 11.3 Å². The minimum Gasteiger partial charge on any atom is -0.298 e. The molecule has 0 aliphatic carbocycles. The molecule has 0 saturated carbocycles. The lowest BCUT2D eigenvalue weighted by Crippen LogP contribution is -2.44. The van der Waals surface area contributed by atoms with Crippen LogP contribution in [-0.4, -0.2) is 23.0 Å². The van der Waals surface area contributed by atoms with E-state index in [1.54, 1.807) is 0 Å². The zero-order valence-electron chi connectivity index (χ0n) is 8.29. The minimum absolute atomic E-state index is 0.901. The minimum atomic E-state index is 0.901. The first-order valence-corrected chi connectivity index (χ1v) is 5.75. The molecule has 2 rings (SSSR count). The maximum Gasteiger partial charge on any atom is 0.0925 e. The van der Waals surface area contributed by atoms with Gasteiger partial charge in [0.2, 0.25) is 0 Å². The van der Waals surface area contributed by atoms with Crippen molar-refractivity contribution in [2.45, 2.75) is 26.8 Å². The van der Waals surface area contributed by atoms with Crippen molar-refractivity contribution in [1.82, 2.24) is 9.88 Å². The van der Waals surface area contributed by atoms with Gasteiger partial charge in [0.05, 0.1) is 5.01 Å². The molecule has 13 heavy (non-hydrogen) atoms. The van der Waals surface area contributed by atoms with E-state index in [1.165, 1.54) is 23.0 Å². The molecule has 2 heterocycles. The molecule has 0 radical (unpaired) electrons. The van der Waals surface area contributed by atoms with Crippen molar-refractivity contribution in [3.05, 3.63) is 16.1 Å². The number of rotatable bonds is 3. The van der Waals surface area contributed by atoms with Crippen LogP contribution in [0.1, 0.15) is 23.7 Å². The second-order valence-electron chi connectivity index (χ2n) is 3.87. The molecule has 3 heteroatoms. The molecule has 1 aromatic rings. The van der Waals surface area contributed by atoms with Crippen LogP contribution in [0.4, 0.5) is 0 Å². The molecule has 0 bridgehead atoms. The molecule has 1 fully saturated rings. The van der Waals surface area contributed by atoms with Crippen LogP contribution >= 0.6 is 11.3 Å². The summed E-state index contributed by atoms with van der Waals surface area (Å²) in [5.74, 6) is 0.901. The lowest BCUT2D eigenvalue weighted by Gasteiger charge is -2.36. The van der Waals surface area contributed by atoms with Crippen molar-refractivity contribution in [3.8, 4) is 0 Å². The Morgan fingerprint density at radius 2 is 2.38 bits per heavy atom. The summed E-state index contributed by atoms with van der Waals surface area (Å²) in [6, 6.07) is 0. The van der Waals surface area contributed by atoms with E-state index in [-0.39, 0.29) is 0 Å². The first-order chi connectivity index (χ1) is 6.28. The maximum absolute atomic E-state index is 4.36. The molecule has 0 atom stereocenters. The van der Waals surface area contributed by atoms with E-state index in [1.807, 2.05) is 17.5 Å². The van der Waals surface area contributed by atoms with Gasteiger partial charge >= 0.3 is 0 Å². The van der Waals surface area contributed by atoms with E-state index < -0.39 is 0 Å². The third-order valence-corrected chi connectivity index (χ3v) is 3.55. The van der Waals surface area contributed by atoms with Crippen molar-refractivity contribution in [2.75, 3.05) is 13.1 Å². The average molecular weight is 196 g/mol. The Balaban J connectivity index is 1.87. The maximum atomic E-state index is 4.36. The molecule has 0 N–H and O–H groups in total. The predicted molar refractivity (Wildman–Crippen MR) is 55.9 cm³/mol. The number of aromatic nitrogens is 1. The molecule has 0 aromatic carbocycles. The summed E-state index contributed by atoms with van der Waals surface area (Å²) in [5.41, 5.74) is 0. The summed E-state index contributed by atoms with van der Waals surface area (Å²) in [4.78, 5) is 8.26. The summed E-state index contributed by atoms with van der Waals surface area (Å²) in [6.45, 7) is 8.11. The normalized spacial score (nSPS) is 18.9. The van der Waals surface area contributed by atoms with Crippen LogP contribution in [0.3, 0.4) is 0 Å². The third-order valence-electron chi connectivity index (χ3n) is 2.42. The van der Waals surface area contributed by atoms with Crippen molar-refractivity contribution >= 4 is 11.3 Å². The monoisotopic (exact) mass is 196 g/mol. The third kappa shape index (κ3) is 2.09. The van der Waals surface area contributed by atoms with Gasteiger partial charge in [0.15, 0.2) is 0 Å². The van der Waals surface area contributed by atoms with Gasteiger partial charge in [-0.3, -0.25) is 4.90 Å². The summed E-state index contributed by atoms with van der Waals surface area (Å²) in [6.07, 6.45) is 3.10. The first-order valence-electron chi connectivity index (χ1n) is 4.94. The van der Waals surface area contributed by atoms with Crippen LogP contribution in [-0.2, 0) is 13.0 Å². The van der Waals surface area contributed by atoms with E-state index >= 15 is 0 Å². The lowest BCUT2D eigenvalue weighted by atomic mass is 10.0. The average Bonchev–Trinajstić information content (AvgIpc) is 2.50. The molecule has 72 valence electrons. The quantitative estimate of drug-likeness (QED) is 0.736. The lowest BCUT2D eigenvalue weighted by molar-refractivity contribution is 0.106. The van der Waals surface area contributed by atoms with Crippen LogP contribution in [0.2, 0.25) is 0 Å². The van der Waals surface area contributed by atoms with Gasteiger partial charge in [0, 0.05) is 30.7 Å². The first kappa shape index (κ1) is 9.16. The van der Waals surface area contributed by atoms with Gasteiger partial charge in [-0.25, -0.2) is 4.98 Å². The largest absolute Gasteiger partial charge is 0.298 e. The molecular weight excluding hydrogens is 180 g/mol. The topological polar surface area (TPSA) is 16.1 Å². The van der Waals surface area contributed by atoms with Crippen molar-refractivity contribution < 1.29 is 0 Å². The van der Waals surface area contributed by atoms with Gasteiger partial charge in [0.1, 0.15) is 0 Å². The van der Waals surface area contributed by atoms with Crippen LogP contribution in [0.15, 0.2) is 6.20 Å². The molecule has 0 spiro atoms. The van der Waals surface area contributed by atoms with E-state index in [0.29, 0.717) is 0 Å². The standard InChI is InChI=1S/C10H16N2S/c1-3-10-11-4-9(13-10)7-12-5-8(2)6-12/h4,8H,3,5-7H2,1-2H3. The number of likely N-dealkylation sites (tertiary alicyclic amines) is 1. The second-order valence-corrected chi connectivity index (χ2v) is 5.07. The number of thiazole rings is 1. The Bertz CT molecular complexity index is 276. The Hall–Kier alpha value is -0.410. The van der Waals surface area contributed by atoms with Crippen LogP contribution < -0.4 is 0 Å². The predicted octanol–water partition coefficient (Wildman–Crippen LogP) is 2.16. The smallest absolute Gasteiger partial charge is 0.0925 e. The fourth-order valence-electron chi connectivity index (χ4n) is 1.76. The summed E-state index contributed by atoms with van der Waals surface area (Å²) in [5, 5.41) is 1.27. The molecule has 0 unspecified atom stereocenters. The highest BCUT2D eigenvalue weighted by atomic mass is 32.1. The van der Waals surface area contributed by atoms with E-state index in [2.05, 4.69) is 23.7 Å². The Morgan fingerprint density at radius 1 is 1.62 bits per heavy atom. The van der Waals surface area contributed by atoms with Gasteiger partial charge in [-0.2, -0.15) is 0 Å². The van der Waals surface area contributed by atoms with Gasteiger partial charge in [-0.1, -0.05) is 13.8 Å². The summed E-state index contributed by atoms with van der Waals surface area (Å²) >= 11 is 1.86. The molecule has 1 aromatic heterocycles. The zero-order valence-corrected chi connectivity index (χ0v) is 9.10.